The molecule has 2 aromatic heterocycles. The molecule has 3 heteroatoms. The van der Waals surface area contributed by atoms with Gasteiger partial charge in [0.05, 0.1) is 11.1 Å². The molecule has 0 amide bonds. The van der Waals surface area contributed by atoms with Crippen LogP contribution >= 0.6 is 0 Å². The maximum atomic E-state index is 12.3. The van der Waals surface area contributed by atoms with Crippen molar-refractivity contribution in [1.82, 2.24) is 4.57 Å². The second-order valence-electron chi connectivity index (χ2n) is 5.17. The first-order valence-corrected chi connectivity index (χ1v) is 7.22. The Balaban J connectivity index is 2.26. The molecular formula is C18H17NO2. The van der Waals surface area contributed by atoms with Crippen molar-refractivity contribution < 1.29 is 4.42 Å². The fourth-order valence-electron chi connectivity index (χ4n) is 2.58. The van der Waals surface area contributed by atoms with Gasteiger partial charge in [0.1, 0.15) is 11.0 Å². The Morgan fingerprint density at radius 3 is 2.90 bits per heavy atom. The number of aryl methyl sites for hydroxylation is 1. The van der Waals surface area contributed by atoms with Crippen molar-refractivity contribution >= 4 is 21.9 Å². The predicted octanol–water partition coefficient (Wildman–Crippen LogP) is 3.83. The van der Waals surface area contributed by atoms with Crippen LogP contribution in [0.3, 0.4) is 0 Å². The van der Waals surface area contributed by atoms with E-state index in [4.69, 9.17) is 4.42 Å². The molecule has 0 atom stereocenters. The predicted molar refractivity (Wildman–Crippen MR) is 85.4 cm³/mol. The van der Waals surface area contributed by atoms with Gasteiger partial charge in [-0.05, 0) is 18.6 Å². The molecule has 0 bridgehead atoms. The quantitative estimate of drug-likeness (QED) is 0.406. The van der Waals surface area contributed by atoms with Gasteiger partial charge in [0.25, 0.3) is 0 Å². The Hall–Kier alpha value is -2.47. The lowest BCUT2D eigenvalue weighted by Crippen LogP contribution is -2.00. The molecule has 1 aromatic carbocycles. The monoisotopic (exact) mass is 279 g/mol. The zero-order valence-corrected chi connectivity index (χ0v) is 12.3. The molecule has 0 aliphatic heterocycles. The Labute approximate surface area is 123 Å². The van der Waals surface area contributed by atoms with Crippen molar-refractivity contribution in [2.45, 2.75) is 26.2 Å². The second-order valence-corrected chi connectivity index (χ2v) is 5.17. The van der Waals surface area contributed by atoms with E-state index in [1.165, 1.54) is 0 Å². The number of nitrogens with zero attached hydrogens (tertiary/aromatic N) is 1. The first kappa shape index (κ1) is 13.5. The summed E-state index contributed by atoms with van der Waals surface area (Å²) in [6.07, 6.45) is 4.96. The van der Waals surface area contributed by atoms with E-state index in [0.717, 1.165) is 35.7 Å². The third-order valence-corrected chi connectivity index (χ3v) is 3.61. The average molecular weight is 279 g/mol. The minimum atomic E-state index is -0.316. The molecule has 3 aromatic rings. The number of benzene rings is 1. The first-order valence-electron chi connectivity index (χ1n) is 7.22. The summed E-state index contributed by atoms with van der Waals surface area (Å²) in [4.78, 5) is 12.3. The van der Waals surface area contributed by atoms with E-state index in [1.807, 2.05) is 42.1 Å². The lowest BCUT2D eigenvalue weighted by Gasteiger charge is -2.00. The molecule has 0 radical (unpaired) electrons. The van der Waals surface area contributed by atoms with Crippen molar-refractivity contribution in [3.8, 4) is 11.8 Å². The fourth-order valence-corrected chi connectivity index (χ4v) is 2.58. The van der Waals surface area contributed by atoms with Gasteiger partial charge in [-0.15, -0.1) is 0 Å². The SMILES string of the molecule is CCCCC#Cc1cn(C)c2c1c(=O)oc1ccccc12. The van der Waals surface area contributed by atoms with Crippen molar-refractivity contribution in [3.63, 3.8) is 0 Å². The first-order chi connectivity index (χ1) is 10.2. The van der Waals surface area contributed by atoms with Gasteiger partial charge in [0.2, 0.25) is 0 Å². The molecule has 0 unspecified atom stereocenters. The van der Waals surface area contributed by atoms with Crippen LogP contribution in [0.5, 0.6) is 0 Å². The summed E-state index contributed by atoms with van der Waals surface area (Å²) in [5, 5.41) is 1.52. The van der Waals surface area contributed by atoms with E-state index in [9.17, 15) is 4.79 Å². The third-order valence-electron chi connectivity index (χ3n) is 3.61. The molecule has 3 rings (SSSR count). The van der Waals surface area contributed by atoms with Crippen LogP contribution < -0.4 is 5.63 Å². The van der Waals surface area contributed by atoms with Gasteiger partial charge in [-0.2, -0.15) is 0 Å². The van der Waals surface area contributed by atoms with Gasteiger partial charge in [-0.25, -0.2) is 4.79 Å². The number of hydrogen-bond acceptors (Lipinski definition) is 2. The van der Waals surface area contributed by atoms with Crippen LogP contribution in [0, 0.1) is 11.8 Å². The number of aromatic nitrogens is 1. The molecule has 0 saturated carbocycles. The molecular weight excluding hydrogens is 262 g/mol. The van der Waals surface area contributed by atoms with Crippen LogP contribution in [-0.2, 0) is 7.05 Å². The van der Waals surface area contributed by atoms with Gasteiger partial charge >= 0.3 is 5.63 Å². The third kappa shape index (κ3) is 2.34. The Bertz CT molecular complexity index is 919. The molecule has 106 valence electrons. The molecule has 21 heavy (non-hydrogen) atoms. The molecule has 3 nitrogen and oxygen atoms in total. The molecule has 0 fully saturated rings. The molecule has 0 N–H and O–H groups in total. The molecule has 2 heterocycles. The number of hydrogen-bond donors (Lipinski definition) is 0. The fraction of sp³-hybridized carbons (Fsp3) is 0.278. The number of fused-ring (bicyclic) bond motifs is 3. The van der Waals surface area contributed by atoms with Crippen LogP contribution in [0.4, 0.5) is 0 Å². The molecule has 0 saturated heterocycles. The van der Waals surface area contributed by atoms with E-state index in [1.54, 1.807) is 0 Å². The van der Waals surface area contributed by atoms with Crippen LogP contribution in [0.15, 0.2) is 39.7 Å². The number of rotatable bonds is 2. The topological polar surface area (TPSA) is 35.1 Å². The zero-order valence-electron chi connectivity index (χ0n) is 12.3. The van der Waals surface area contributed by atoms with Gasteiger partial charge < -0.3 is 8.98 Å². The highest BCUT2D eigenvalue weighted by Crippen LogP contribution is 2.25. The van der Waals surface area contributed by atoms with Crippen LogP contribution in [-0.4, -0.2) is 4.57 Å². The summed E-state index contributed by atoms with van der Waals surface area (Å²) in [6.45, 7) is 2.14. The lowest BCUT2D eigenvalue weighted by molar-refractivity contribution is 0.569. The van der Waals surface area contributed by atoms with E-state index < -0.39 is 0 Å². The van der Waals surface area contributed by atoms with Crippen molar-refractivity contribution in [1.29, 1.82) is 0 Å². The normalized spacial score (nSPS) is 10.8. The minimum Gasteiger partial charge on any atom is -0.422 e. The minimum absolute atomic E-state index is 0.316. The van der Waals surface area contributed by atoms with Gasteiger partial charge in [-0.3, -0.25) is 0 Å². The van der Waals surface area contributed by atoms with Gasteiger partial charge in [0, 0.05) is 25.1 Å². The van der Waals surface area contributed by atoms with Gasteiger partial charge in [0.15, 0.2) is 0 Å². The average Bonchev–Trinajstić information content (AvgIpc) is 2.82. The van der Waals surface area contributed by atoms with E-state index in [0.29, 0.717) is 11.0 Å². The Morgan fingerprint density at radius 2 is 2.10 bits per heavy atom. The number of para-hydroxylation sites is 1. The molecule has 0 aliphatic rings. The zero-order chi connectivity index (χ0) is 14.8. The maximum Gasteiger partial charge on any atom is 0.347 e. The largest absolute Gasteiger partial charge is 0.422 e. The summed E-state index contributed by atoms with van der Waals surface area (Å²) >= 11 is 0. The highest BCUT2D eigenvalue weighted by atomic mass is 16.4. The van der Waals surface area contributed by atoms with Crippen molar-refractivity contribution in [3.05, 3.63) is 46.4 Å². The number of unbranched alkanes of at least 4 members (excludes halogenated alkanes) is 2. The standard InChI is InChI=1S/C18H17NO2/c1-3-4-5-6-9-13-12-19(2)17-14-10-7-8-11-15(14)21-18(20)16(13)17/h7-8,10-12H,3-5H2,1-2H3. The van der Waals surface area contributed by atoms with Gasteiger partial charge in [-0.1, -0.05) is 37.3 Å². The summed E-state index contributed by atoms with van der Waals surface area (Å²) < 4.78 is 7.38. The summed E-state index contributed by atoms with van der Waals surface area (Å²) in [6, 6.07) is 7.59. The van der Waals surface area contributed by atoms with E-state index >= 15 is 0 Å². The van der Waals surface area contributed by atoms with E-state index in [2.05, 4.69) is 18.8 Å². The highest BCUT2D eigenvalue weighted by Gasteiger charge is 2.14. The maximum absolute atomic E-state index is 12.3. The van der Waals surface area contributed by atoms with Crippen molar-refractivity contribution in [2.75, 3.05) is 0 Å². The Kier molecular flexibility index (Phi) is 3.53. The smallest absolute Gasteiger partial charge is 0.347 e. The van der Waals surface area contributed by atoms with Crippen LogP contribution in [0.1, 0.15) is 31.7 Å². The highest BCUT2D eigenvalue weighted by molar-refractivity contribution is 6.04. The van der Waals surface area contributed by atoms with E-state index in [-0.39, 0.29) is 5.63 Å². The summed E-state index contributed by atoms with van der Waals surface area (Å²) in [5.41, 5.74) is 1.94. The Morgan fingerprint density at radius 1 is 1.29 bits per heavy atom. The van der Waals surface area contributed by atoms with Crippen LogP contribution in [0.2, 0.25) is 0 Å². The molecule has 0 spiro atoms. The van der Waals surface area contributed by atoms with Crippen molar-refractivity contribution in [2.24, 2.45) is 7.05 Å². The summed E-state index contributed by atoms with van der Waals surface area (Å²) in [7, 11) is 1.94. The lowest BCUT2D eigenvalue weighted by atomic mass is 10.1. The summed E-state index contributed by atoms with van der Waals surface area (Å²) in [5.74, 6) is 6.26. The van der Waals surface area contributed by atoms with Crippen LogP contribution in [0.25, 0.3) is 21.9 Å². The molecule has 0 aliphatic carbocycles. The second kappa shape index (κ2) is 5.49.